The van der Waals surface area contributed by atoms with Gasteiger partial charge in [0.15, 0.2) is 0 Å². The fourth-order valence-corrected chi connectivity index (χ4v) is 1.76. The standard InChI is InChI=1S/C10H13BrFNO.ClH/c1-14-10-3-2-7(6-8(10)11)9(13)4-5-12;/h2-3,6,9H,4-5,13H2,1H3;1H/t9-;/m0./s1. The largest absolute Gasteiger partial charge is 0.496 e. The minimum atomic E-state index is -0.398. The Hall–Kier alpha value is -0.320. The maximum absolute atomic E-state index is 12.1. The summed E-state index contributed by atoms with van der Waals surface area (Å²) in [6.07, 6.45) is 0.346. The van der Waals surface area contributed by atoms with Crippen molar-refractivity contribution in [3.63, 3.8) is 0 Å². The molecule has 2 nitrogen and oxygen atoms in total. The molecule has 2 N–H and O–H groups in total. The molecule has 0 aliphatic rings. The molecule has 1 atom stereocenters. The monoisotopic (exact) mass is 297 g/mol. The van der Waals surface area contributed by atoms with Gasteiger partial charge in [0, 0.05) is 6.04 Å². The first-order valence-corrected chi connectivity index (χ1v) is 5.13. The van der Waals surface area contributed by atoms with Crippen LogP contribution in [0.25, 0.3) is 0 Å². The molecule has 0 aromatic heterocycles. The SMILES string of the molecule is COc1ccc([C@@H](N)CCF)cc1Br.Cl. The van der Waals surface area contributed by atoms with Crippen molar-refractivity contribution < 1.29 is 9.13 Å². The molecule has 0 aliphatic heterocycles. The van der Waals surface area contributed by atoms with Gasteiger partial charge in [-0.15, -0.1) is 12.4 Å². The number of nitrogens with two attached hydrogens (primary N) is 1. The number of rotatable bonds is 4. The van der Waals surface area contributed by atoms with Crippen LogP contribution in [-0.4, -0.2) is 13.8 Å². The summed E-state index contributed by atoms with van der Waals surface area (Å²) in [5, 5.41) is 0. The number of benzene rings is 1. The van der Waals surface area contributed by atoms with E-state index >= 15 is 0 Å². The fraction of sp³-hybridized carbons (Fsp3) is 0.400. The van der Waals surface area contributed by atoms with Crippen LogP contribution < -0.4 is 10.5 Å². The zero-order valence-corrected chi connectivity index (χ0v) is 10.8. The second-order valence-corrected chi connectivity index (χ2v) is 3.83. The summed E-state index contributed by atoms with van der Waals surface area (Å²) in [6.45, 7) is -0.398. The molecule has 0 bridgehead atoms. The Kier molecular flexibility index (Phi) is 6.89. The van der Waals surface area contributed by atoms with Gasteiger partial charge >= 0.3 is 0 Å². The van der Waals surface area contributed by atoms with Crippen LogP contribution in [0.2, 0.25) is 0 Å². The summed E-state index contributed by atoms with van der Waals surface area (Å²) >= 11 is 3.35. The summed E-state index contributed by atoms with van der Waals surface area (Å²) in [6, 6.07) is 5.28. The van der Waals surface area contributed by atoms with Crippen LogP contribution in [0.3, 0.4) is 0 Å². The van der Waals surface area contributed by atoms with Crippen molar-refractivity contribution in [2.75, 3.05) is 13.8 Å². The zero-order valence-electron chi connectivity index (χ0n) is 8.37. The fourth-order valence-electron chi connectivity index (χ4n) is 1.20. The highest BCUT2D eigenvalue weighted by atomic mass is 79.9. The molecular weight excluding hydrogens is 284 g/mol. The molecule has 0 saturated heterocycles. The van der Waals surface area contributed by atoms with Gasteiger partial charge in [0.2, 0.25) is 0 Å². The Bertz CT molecular complexity index is 311. The maximum atomic E-state index is 12.1. The number of methoxy groups -OCH3 is 1. The third-order valence-corrected chi connectivity index (χ3v) is 2.64. The molecule has 1 aromatic rings. The van der Waals surface area contributed by atoms with E-state index in [2.05, 4.69) is 15.9 Å². The van der Waals surface area contributed by atoms with Crippen molar-refractivity contribution in [1.29, 1.82) is 0 Å². The van der Waals surface area contributed by atoms with Gasteiger partial charge in [0.1, 0.15) is 5.75 Å². The second-order valence-electron chi connectivity index (χ2n) is 2.98. The lowest BCUT2D eigenvalue weighted by atomic mass is 10.1. The predicted octanol–water partition coefficient (Wildman–Crippen LogP) is 3.24. The van der Waals surface area contributed by atoms with Gasteiger partial charge in [-0.1, -0.05) is 6.07 Å². The van der Waals surface area contributed by atoms with Crippen molar-refractivity contribution in [1.82, 2.24) is 0 Å². The Labute approximate surface area is 104 Å². The highest BCUT2D eigenvalue weighted by molar-refractivity contribution is 9.10. The molecule has 86 valence electrons. The normalized spacial score (nSPS) is 11.7. The Morgan fingerprint density at radius 1 is 1.53 bits per heavy atom. The summed E-state index contributed by atoms with van der Waals surface area (Å²) < 4.78 is 18.0. The van der Waals surface area contributed by atoms with Crippen LogP contribution in [0.5, 0.6) is 5.75 Å². The molecule has 0 radical (unpaired) electrons. The van der Waals surface area contributed by atoms with Crippen LogP contribution in [0, 0.1) is 0 Å². The van der Waals surface area contributed by atoms with Gasteiger partial charge in [-0.05, 0) is 40.0 Å². The van der Waals surface area contributed by atoms with Gasteiger partial charge in [-0.25, -0.2) is 0 Å². The molecule has 5 heteroatoms. The molecule has 0 heterocycles. The topological polar surface area (TPSA) is 35.2 Å². The average molecular weight is 299 g/mol. The molecule has 0 aliphatic carbocycles. The van der Waals surface area contributed by atoms with Crippen LogP contribution in [0.4, 0.5) is 4.39 Å². The molecule has 0 saturated carbocycles. The van der Waals surface area contributed by atoms with Crippen molar-refractivity contribution in [2.24, 2.45) is 5.73 Å². The average Bonchev–Trinajstić information content (AvgIpc) is 2.18. The summed E-state index contributed by atoms with van der Waals surface area (Å²) in [5.74, 6) is 0.751. The van der Waals surface area contributed by atoms with E-state index in [1.54, 1.807) is 7.11 Å². The van der Waals surface area contributed by atoms with E-state index in [4.69, 9.17) is 10.5 Å². The van der Waals surface area contributed by atoms with Gasteiger partial charge in [0.25, 0.3) is 0 Å². The van der Waals surface area contributed by atoms with E-state index in [0.717, 1.165) is 15.8 Å². The Balaban J connectivity index is 0.00000196. The summed E-state index contributed by atoms with van der Waals surface area (Å²) in [7, 11) is 1.60. The number of alkyl halides is 1. The lowest BCUT2D eigenvalue weighted by molar-refractivity contribution is 0.411. The molecular formula is C10H14BrClFNO. The van der Waals surface area contributed by atoms with E-state index in [9.17, 15) is 4.39 Å². The number of hydrogen-bond acceptors (Lipinski definition) is 2. The van der Waals surface area contributed by atoms with E-state index in [1.165, 1.54) is 0 Å². The zero-order chi connectivity index (χ0) is 10.6. The number of ether oxygens (including phenoxy) is 1. The third kappa shape index (κ3) is 3.97. The van der Waals surface area contributed by atoms with Crippen molar-refractivity contribution in [3.8, 4) is 5.75 Å². The van der Waals surface area contributed by atoms with Gasteiger partial charge in [-0.3, -0.25) is 4.39 Å². The quantitative estimate of drug-likeness (QED) is 0.926. The van der Waals surface area contributed by atoms with Crippen LogP contribution in [0.15, 0.2) is 22.7 Å². The molecule has 0 unspecified atom stereocenters. The minimum absolute atomic E-state index is 0. The predicted molar refractivity (Wildman–Crippen MR) is 65.5 cm³/mol. The maximum Gasteiger partial charge on any atom is 0.133 e. The van der Waals surface area contributed by atoms with Crippen molar-refractivity contribution in [3.05, 3.63) is 28.2 Å². The van der Waals surface area contributed by atoms with E-state index in [1.807, 2.05) is 18.2 Å². The molecule has 1 aromatic carbocycles. The van der Waals surface area contributed by atoms with Crippen molar-refractivity contribution >= 4 is 28.3 Å². The molecule has 0 amide bonds. The highest BCUT2D eigenvalue weighted by Crippen LogP contribution is 2.28. The second kappa shape index (κ2) is 7.04. The van der Waals surface area contributed by atoms with Crippen molar-refractivity contribution in [2.45, 2.75) is 12.5 Å². The first-order chi connectivity index (χ1) is 6.69. The highest BCUT2D eigenvalue weighted by Gasteiger charge is 2.08. The Morgan fingerprint density at radius 2 is 2.20 bits per heavy atom. The Morgan fingerprint density at radius 3 is 2.67 bits per heavy atom. The smallest absolute Gasteiger partial charge is 0.133 e. The van der Waals surface area contributed by atoms with Crippen LogP contribution in [-0.2, 0) is 0 Å². The van der Waals surface area contributed by atoms with Gasteiger partial charge in [-0.2, -0.15) is 0 Å². The first kappa shape index (κ1) is 14.7. The number of halogens is 3. The van der Waals surface area contributed by atoms with Gasteiger partial charge < -0.3 is 10.5 Å². The first-order valence-electron chi connectivity index (χ1n) is 4.34. The molecule has 1 rings (SSSR count). The van der Waals surface area contributed by atoms with E-state index in [-0.39, 0.29) is 18.4 Å². The lowest BCUT2D eigenvalue weighted by Gasteiger charge is -2.11. The third-order valence-electron chi connectivity index (χ3n) is 2.02. The molecule has 15 heavy (non-hydrogen) atoms. The van der Waals surface area contributed by atoms with E-state index in [0.29, 0.717) is 6.42 Å². The molecule has 0 fully saturated rings. The molecule has 0 spiro atoms. The van der Waals surface area contributed by atoms with Gasteiger partial charge in [0.05, 0.1) is 18.3 Å². The minimum Gasteiger partial charge on any atom is -0.496 e. The summed E-state index contributed by atoms with van der Waals surface area (Å²) in [5.41, 5.74) is 6.68. The summed E-state index contributed by atoms with van der Waals surface area (Å²) in [4.78, 5) is 0. The number of hydrogen-bond donors (Lipinski definition) is 1. The van der Waals surface area contributed by atoms with Crippen LogP contribution in [0.1, 0.15) is 18.0 Å². The lowest BCUT2D eigenvalue weighted by Crippen LogP contribution is -2.10. The van der Waals surface area contributed by atoms with Crippen LogP contribution >= 0.6 is 28.3 Å². The van der Waals surface area contributed by atoms with E-state index < -0.39 is 6.67 Å².